The SMILES string of the molecule is CCCCCCCCC1(CCCCCCCC)c2cc(Nc3ccccc3)ccc2-c2ccc(Nc3ccccc3)cc21. The van der Waals surface area contributed by atoms with E-state index in [1.54, 1.807) is 0 Å². The topological polar surface area (TPSA) is 24.1 Å². The van der Waals surface area contributed by atoms with E-state index < -0.39 is 0 Å². The molecule has 0 aliphatic heterocycles. The van der Waals surface area contributed by atoms with Crippen LogP contribution in [0.15, 0.2) is 97.1 Å². The van der Waals surface area contributed by atoms with Crippen LogP contribution in [-0.4, -0.2) is 0 Å². The number of nitrogens with one attached hydrogen (secondary N) is 2. The Labute approximate surface area is 261 Å². The first-order valence-electron chi connectivity index (χ1n) is 17.2. The zero-order valence-corrected chi connectivity index (χ0v) is 26.6. The van der Waals surface area contributed by atoms with E-state index >= 15 is 0 Å². The molecular formula is C41H52N2. The minimum absolute atomic E-state index is 0.0446. The van der Waals surface area contributed by atoms with Gasteiger partial charge in [0.25, 0.3) is 0 Å². The number of anilines is 4. The Kier molecular flexibility index (Phi) is 11.4. The quantitative estimate of drug-likeness (QED) is 0.116. The Balaban J connectivity index is 1.50. The predicted octanol–water partition coefficient (Wildman–Crippen LogP) is 12.9. The molecule has 0 unspecified atom stereocenters. The minimum atomic E-state index is 0.0446. The Morgan fingerprint density at radius 3 is 1.23 bits per heavy atom. The molecule has 0 atom stereocenters. The monoisotopic (exact) mass is 572 g/mol. The molecule has 43 heavy (non-hydrogen) atoms. The number of benzene rings is 4. The number of rotatable bonds is 18. The van der Waals surface area contributed by atoms with Gasteiger partial charge in [-0.15, -0.1) is 0 Å². The third kappa shape index (κ3) is 7.91. The van der Waals surface area contributed by atoms with E-state index in [9.17, 15) is 0 Å². The standard InChI is InChI=1S/C41H52N2/c1-3-5-7-9-11-19-29-41(30-20-12-10-8-6-4-2)39-31-35(42-33-21-15-13-16-22-33)25-27-37(39)38-28-26-36(32-40(38)41)43-34-23-17-14-18-24-34/h13-18,21-28,31-32,42-43H,3-12,19-20,29-30H2,1-2H3. The van der Waals surface area contributed by atoms with Crippen molar-refractivity contribution in [2.24, 2.45) is 0 Å². The fraction of sp³-hybridized carbons (Fsp3) is 0.415. The molecule has 2 heteroatoms. The molecule has 0 fully saturated rings. The van der Waals surface area contributed by atoms with Crippen LogP contribution in [0.2, 0.25) is 0 Å². The summed E-state index contributed by atoms with van der Waals surface area (Å²) in [7, 11) is 0. The Morgan fingerprint density at radius 2 is 0.814 bits per heavy atom. The first-order chi connectivity index (χ1) is 21.2. The molecule has 0 spiro atoms. The van der Waals surface area contributed by atoms with Gasteiger partial charge < -0.3 is 10.6 Å². The molecule has 5 rings (SSSR count). The van der Waals surface area contributed by atoms with Crippen LogP contribution < -0.4 is 10.6 Å². The second-order valence-electron chi connectivity index (χ2n) is 12.6. The van der Waals surface area contributed by atoms with Crippen molar-refractivity contribution in [1.82, 2.24) is 0 Å². The van der Waals surface area contributed by atoms with E-state index in [4.69, 9.17) is 0 Å². The first kappa shape index (κ1) is 30.9. The molecule has 1 aliphatic carbocycles. The highest BCUT2D eigenvalue weighted by molar-refractivity contribution is 5.85. The highest BCUT2D eigenvalue weighted by atomic mass is 14.9. The number of fused-ring (bicyclic) bond motifs is 3. The van der Waals surface area contributed by atoms with Crippen LogP contribution in [0.1, 0.15) is 115 Å². The van der Waals surface area contributed by atoms with E-state index in [1.807, 2.05) is 0 Å². The lowest BCUT2D eigenvalue weighted by molar-refractivity contribution is 0.398. The molecule has 0 bridgehead atoms. The van der Waals surface area contributed by atoms with Gasteiger partial charge in [0, 0.05) is 28.2 Å². The highest BCUT2D eigenvalue weighted by Crippen LogP contribution is 2.55. The number of unbranched alkanes of at least 4 members (excludes halogenated alkanes) is 10. The maximum atomic E-state index is 3.71. The van der Waals surface area contributed by atoms with Crippen molar-refractivity contribution in [3.8, 4) is 11.1 Å². The van der Waals surface area contributed by atoms with Gasteiger partial charge >= 0.3 is 0 Å². The van der Waals surface area contributed by atoms with Gasteiger partial charge in [-0.1, -0.05) is 139 Å². The van der Waals surface area contributed by atoms with Crippen LogP contribution in [0.25, 0.3) is 11.1 Å². The fourth-order valence-electron chi connectivity index (χ4n) is 7.10. The second kappa shape index (κ2) is 15.8. The van der Waals surface area contributed by atoms with Crippen LogP contribution in [0, 0.1) is 0 Å². The number of para-hydroxylation sites is 2. The van der Waals surface area contributed by atoms with Crippen molar-refractivity contribution in [1.29, 1.82) is 0 Å². The van der Waals surface area contributed by atoms with Crippen molar-refractivity contribution < 1.29 is 0 Å². The van der Waals surface area contributed by atoms with E-state index in [1.165, 1.54) is 124 Å². The van der Waals surface area contributed by atoms with Crippen LogP contribution in [0.4, 0.5) is 22.7 Å². The lowest BCUT2D eigenvalue weighted by atomic mass is 9.70. The van der Waals surface area contributed by atoms with Crippen molar-refractivity contribution in [3.63, 3.8) is 0 Å². The van der Waals surface area contributed by atoms with Gasteiger partial charge in [-0.25, -0.2) is 0 Å². The Hall–Kier alpha value is -3.52. The smallest absolute Gasteiger partial charge is 0.0387 e. The summed E-state index contributed by atoms with van der Waals surface area (Å²) in [5.41, 5.74) is 10.6. The molecule has 0 heterocycles. The summed E-state index contributed by atoms with van der Waals surface area (Å²) in [6.07, 6.45) is 18.4. The van der Waals surface area contributed by atoms with Crippen LogP contribution in [-0.2, 0) is 5.41 Å². The van der Waals surface area contributed by atoms with Gasteiger partial charge in [-0.05, 0) is 83.6 Å². The number of hydrogen-bond donors (Lipinski definition) is 2. The minimum Gasteiger partial charge on any atom is -0.356 e. The molecule has 4 aromatic carbocycles. The lowest BCUT2D eigenvalue weighted by Gasteiger charge is -2.33. The largest absolute Gasteiger partial charge is 0.356 e. The van der Waals surface area contributed by atoms with E-state index in [2.05, 4.69) is 122 Å². The molecule has 226 valence electrons. The Morgan fingerprint density at radius 1 is 0.419 bits per heavy atom. The van der Waals surface area contributed by atoms with Crippen LogP contribution >= 0.6 is 0 Å². The summed E-state index contributed by atoms with van der Waals surface area (Å²) in [6, 6.07) is 35.5. The molecule has 2 N–H and O–H groups in total. The molecule has 0 saturated heterocycles. The summed E-state index contributed by atoms with van der Waals surface area (Å²) in [4.78, 5) is 0. The molecule has 4 aromatic rings. The molecule has 2 nitrogen and oxygen atoms in total. The maximum Gasteiger partial charge on any atom is 0.0387 e. The fourth-order valence-corrected chi connectivity index (χ4v) is 7.10. The summed E-state index contributed by atoms with van der Waals surface area (Å²) < 4.78 is 0. The molecule has 0 amide bonds. The van der Waals surface area contributed by atoms with Crippen LogP contribution in [0.3, 0.4) is 0 Å². The molecular weight excluding hydrogens is 520 g/mol. The van der Waals surface area contributed by atoms with Crippen molar-refractivity contribution in [2.45, 2.75) is 109 Å². The zero-order valence-electron chi connectivity index (χ0n) is 26.6. The van der Waals surface area contributed by atoms with Gasteiger partial charge in [-0.3, -0.25) is 0 Å². The van der Waals surface area contributed by atoms with Crippen LogP contribution in [0.5, 0.6) is 0 Å². The van der Waals surface area contributed by atoms with E-state index in [0.717, 1.165) is 11.4 Å². The molecule has 0 aromatic heterocycles. The van der Waals surface area contributed by atoms with Crippen molar-refractivity contribution >= 4 is 22.7 Å². The van der Waals surface area contributed by atoms with Gasteiger partial charge in [-0.2, -0.15) is 0 Å². The zero-order chi connectivity index (χ0) is 29.7. The summed E-state index contributed by atoms with van der Waals surface area (Å²) in [6.45, 7) is 4.62. The molecule has 1 aliphatic rings. The highest BCUT2D eigenvalue weighted by Gasteiger charge is 2.42. The average Bonchev–Trinajstić information content (AvgIpc) is 3.30. The van der Waals surface area contributed by atoms with Gasteiger partial charge in [0.1, 0.15) is 0 Å². The third-order valence-corrected chi connectivity index (χ3v) is 9.40. The first-order valence-corrected chi connectivity index (χ1v) is 17.2. The molecule has 0 saturated carbocycles. The second-order valence-corrected chi connectivity index (χ2v) is 12.6. The Bertz CT molecular complexity index is 1280. The van der Waals surface area contributed by atoms with Crippen molar-refractivity contribution in [3.05, 3.63) is 108 Å². The van der Waals surface area contributed by atoms with Gasteiger partial charge in [0.2, 0.25) is 0 Å². The lowest BCUT2D eigenvalue weighted by Crippen LogP contribution is -2.26. The third-order valence-electron chi connectivity index (χ3n) is 9.40. The normalized spacial score (nSPS) is 13.0. The van der Waals surface area contributed by atoms with Gasteiger partial charge in [0.15, 0.2) is 0 Å². The maximum absolute atomic E-state index is 3.71. The summed E-state index contributed by atoms with van der Waals surface area (Å²) in [5.74, 6) is 0. The predicted molar refractivity (Wildman–Crippen MR) is 188 cm³/mol. The number of hydrogen-bond acceptors (Lipinski definition) is 2. The summed E-state index contributed by atoms with van der Waals surface area (Å²) in [5, 5.41) is 7.42. The summed E-state index contributed by atoms with van der Waals surface area (Å²) >= 11 is 0. The van der Waals surface area contributed by atoms with E-state index in [0.29, 0.717) is 0 Å². The molecule has 0 radical (unpaired) electrons. The van der Waals surface area contributed by atoms with Gasteiger partial charge in [0.05, 0.1) is 0 Å². The van der Waals surface area contributed by atoms with E-state index in [-0.39, 0.29) is 5.41 Å². The van der Waals surface area contributed by atoms with Crippen molar-refractivity contribution in [2.75, 3.05) is 10.6 Å². The average molecular weight is 573 g/mol.